The van der Waals surface area contributed by atoms with Gasteiger partial charge in [0.1, 0.15) is 6.67 Å². The van der Waals surface area contributed by atoms with Crippen LogP contribution in [0.2, 0.25) is 0 Å². The molecule has 6 nitrogen and oxygen atoms in total. The van der Waals surface area contributed by atoms with E-state index in [1.807, 2.05) is 37.3 Å². The minimum atomic E-state index is 0.603. The lowest BCUT2D eigenvalue weighted by Crippen LogP contribution is -2.24. The van der Waals surface area contributed by atoms with Crippen molar-refractivity contribution in [3.8, 4) is 0 Å². The molecule has 0 bridgehead atoms. The Balaban J connectivity index is 1.55. The number of nitrogens with zero attached hydrogens (tertiary/aromatic N) is 5. The van der Waals surface area contributed by atoms with Crippen molar-refractivity contribution >= 4 is 45.1 Å². The zero-order valence-electron chi connectivity index (χ0n) is 15.8. The number of benzene rings is 2. The fraction of sp³-hybridized carbons (Fsp3) is 0.0870. The van der Waals surface area contributed by atoms with E-state index >= 15 is 0 Å². The lowest BCUT2D eigenvalue weighted by molar-refractivity contribution is 0.652. The summed E-state index contributed by atoms with van der Waals surface area (Å²) in [6.45, 7) is 2.57. The van der Waals surface area contributed by atoms with Gasteiger partial charge in [0, 0.05) is 34.5 Å². The highest BCUT2D eigenvalue weighted by molar-refractivity contribution is 6.09. The van der Waals surface area contributed by atoms with Crippen molar-refractivity contribution in [3.63, 3.8) is 0 Å². The molecule has 3 aromatic heterocycles. The predicted octanol–water partition coefficient (Wildman–Crippen LogP) is 5.33. The maximum absolute atomic E-state index is 6.21. The van der Waals surface area contributed by atoms with E-state index in [2.05, 4.69) is 55.1 Å². The normalized spacial score (nSPS) is 13.4. The molecular formula is C23H17N5O. The largest absolute Gasteiger partial charge is 0.435 e. The van der Waals surface area contributed by atoms with Gasteiger partial charge >= 0.3 is 0 Å². The summed E-state index contributed by atoms with van der Waals surface area (Å²) < 4.78 is 6.21. The number of para-hydroxylation sites is 2. The van der Waals surface area contributed by atoms with Gasteiger partial charge in [0.25, 0.3) is 0 Å². The molecule has 0 radical (unpaired) electrons. The lowest BCUT2D eigenvalue weighted by atomic mass is 10.1. The summed E-state index contributed by atoms with van der Waals surface area (Å²) >= 11 is 0. The Bertz CT molecular complexity index is 1360. The number of anilines is 4. The van der Waals surface area contributed by atoms with E-state index in [0.717, 1.165) is 45.1 Å². The first-order valence-electron chi connectivity index (χ1n) is 9.49. The third-order valence-corrected chi connectivity index (χ3v) is 5.30. The molecule has 6 rings (SSSR count). The molecule has 0 unspecified atom stereocenters. The topological polar surface area (TPSA) is 58.3 Å². The quantitative estimate of drug-likeness (QED) is 0.413. The van der Waals surface area contributed by atoms with E-state index in [-0.39, 0.29) is 0 Å². The van der Waals surface area contributed by atoms with Crippen LogP contribution in [0.3, 0.4) is 0 Å². The average Bonchev–Trinajstić information content (AvgIpc) is 3.32. The molecule has 4 heterocycles. The van der Waals surface area contributed by atoms with Crippen LogP contribution in [0.15, 0.2) is 77.5 Å². The summed E-state index contributed by atoms with van der Waals surface area (Å²) in [5, 5.41) is 2.07. The van der Waals surface area contributed by atoms with Crippen LogP contribution in [0, 0.1) is 6.92 Å². The number of fused-ring (bicyclic) bond motifs is 4. The van der Waals surface area contributed by atoms with Gasteiger partial charge in [0.2, 0.25) is 5.71 Å². The van der Waals surface area contributed by atoms with Crippen molar-refractivity contribution < 1.29 is 4.42 Å². The Labute approximate surface area is 167 Å². The van der Waals surface area contributed by atoms with Crippen LogP contribution < -0.4 is 9.80 Å². The van der Waals surface area contributed by atoms with E-state index in [0.29, 0.717) is 12.4 Å². The van der Waals surface area contributed by atoms with Gasteiger partial charge in [-0.1, -0.05) is 30.3 Å². The molecule has 1 aliphatic rings. The molecule has 2 aromatic carbocycles. The van der Waals surface area contributed by atoms with Crippen LogP contribution in [-0.2, 0) is 0 Å². The molecule has 0 fully saturated rings. The Hall–Kier alpha value is -3.93. The molecule has 0 spiro atoms. The molecule has 6 heteroatoms. The van der Waals surface area contributed by atoms with Gasteiger partial charge in [-0.2, -0.15) is 0 Å². The second kappa shape index (κ2) is 6.04. The Morgan fingerprint density at radius 2 is 1.59 bits per heavy atom. The maximum atomic E-state index is 6.21. The van der Waals surface area contributed by atoms with Crippen molar-refractivity contribution in [3.05, 3.63) is 78.8 Å². The van der Waals surface area contributed by atoms with Gasteiger partial charge in [0.05, 0.1) is 5.69 Å². The summed E-state index contributed by atoms with van der Waals surface area (Å²) in [5.74, 6) is 1.65. The van der Waals surface area contributed by atoms with Gasteiger partial charge in [-0.05, 0) is 37.3 Å². The first-order valence-corrected chi connectivity index (χ1v) is 9.49. The maximum Gasteiger partial charge on any atom is 0.227 e. The summed E-state index contributed by atoms with van der Waals surface area (Å²) in [4.78, 5) is 18.1. The van der Waals surface area contributed by atoms with E-state index in [1.165, 1.54) is 0 Å². The smallest absolute Gasteiger partial charge is 0.227 e. The van der Waals surface area contributed by atoms with Crippen molar-refractivity contribution in [2.75, 3.05) is 16.5 Å². The van der Waals surface area contributed by atoms with Gasteiger partial charge in [-0.15, -0.1) is 0 Å². The molecule has 140 valence electrons. The number of aryl methyl sites for hydroxylation is 1. The number of aromatic nitrogens is 3. The molecule has 0 atom stereocenters. The van der Waals surface area contributed by atoms with Gasteiger partial charge < -0.3 is 14.2 Å². The predicted molar refractivity (Wildman–Crippen MR) is 114 cm³/mol. The fourth-order valence-corrected chi connectivity index (χ4v) is 3.95. The molecule has 5 aromatic rings. The van der Waals surface area contributed by atoms with Crippen molar-refractivity contribution in [1.82, 2.24) is 15.0 Å². The summed E-state index contributed by atoms with van der Waals surface area (Å²) in [7, 11) is 0. The second-order valence-corrected chi connectivity index (χ2v) is 7.10. The highest BCUT2D eigenvalue weighted by atomic mass is 16.3. The average molecular weight is 379 g/mol. The standard InChI is InChI=1S/C23H17N5O/c1-15-10-11-18-17-8-5-9-19(20(17)29-23(18)26-15)28-14-27(16-6-3-2-4-7-16)21-22(28)25-13-12-24-21/h2-13H,14H2,1H3. The summed E-state index contributed by atoms with van der Waals surface area (Å²) in [5.41, 5.74) is 4.44. The molecule has 0 N–H and O–H groups in total. The number of pyridine rings is 1. The van der Waals surface area contributed by atoms with Crippen molar-refractivity contribution in [1.29, 1.82) is 0 Å². The molecule has 0 saturated heterocycles. The van der Waals surface area contributed by atoms with Gasteiger partial charge in [-0.25, -0.2) is 15.0 Å². The van der Waals surface area contributed by atoms with Crippen molar-refractivity contribution in [2.45, 2.75) is 6.92 Å². The van der Waals surface area contributed by atoms with Gasteiger partial charge in [0.15, 0.2) is 17.2 Å². The number of hydrogen-bond donors (Lipinski definition) is 0. The first-order chi connectivity index (χ1) is 14.3. The van der Waals surface area contributed by atoms with Crippen molar-refractivity contribution in [2.24, 2.45) is 0 Å². The SMILES string of the molecule is Cc1ccc2c(n1)oc1c(N3CN(c4ccccc4)c4nccnc43)cccc12. The van der Waals surface area contributed by atoms with Crippen LogP contribution in [0.1, 0.15) is 5.69 Å². The van der Waals surface area contributed by atoms with Crippen LogP contribution in [0.25, 0.3) is 22.1 Å². The fourth-order valence-electron chi connectivity index (χ4n) is 3.95. The van der Waals surface area contributed by atoms with Crippen LogP contribution in [-0.4, -0.2) is 21.6 Å². The molecule has 0 amide bonds. The molecule has 29 heavy (non-hydrogen) atoms. The minimum absolute atomic E-state index is 0.603. The van der Waals surface area contributed by atoms with E-state index in [4.69, 9.17) is 4.42 Å². The summed E-state index contributed by atoms with van der Waals surface area (Å²) in [6.07, 6.45) is 3.46. The van der Waals surface area contributed by atoms with Crippen LogP contribution >= 0.6 is 0 Å². The number of hydrogen-bond acceptors (Lipinski definition) is 6. The number of furan rings is 1. The lowest BCUT2D eigenvalue weighted by Gasteiger charge is -2.20. The minimum Gasteiger partial charge on any atom is -0.435 e. The van der Waals surface area contributed by atoms with Gasteiger partial charge in [-0.3, -0.25) is 0 Å². The molecule has 1 aliphatic heterocycles. The van der Waals surface area contributed by atoms with E-state index in [9.17, 15) is 0 Å². The monoisotopic (exact) mass is 379 g/mol. The molecule has 0 aliphatic carbocycles. The highest BCUT2D eigenvalue weighted by Gasteiger charge is 2.32. The van der Waals surface area contributed by atoms with Crippen LogP contribution in [0.5, 0.6) is 0 Å². The zero-order chi connectivity index (χ0) is 19.4. The zero-order valence-corrected chi connectivity index (χ0v) is 15.8. The molecular weight excluding hydrogens is 362 g/mol. The van der Waals surface area contributed by atoms with E-state index in [1.54, 1.807) is 12.4 Å². The summed E-state index contributed by atoms with van der Waals surface area (Å²) in [6, 6.07) is 20.5. The highest BCUT2D eigenvalue weighted by Crippen LogP contribution is 2.44. The Morgan fingerprint density at radius 3 is 2.41 bits per heavy atom. The third kappa shape index (κ3) is 2.39. The number of rotatable bonds is 2. The Kier molecular flexibility index (Phi) is 3.34. The van der Waals surface area contributed by atoms with E-state index < -0.39 is 0 Å². The first kappa shape index (κ1) is 16.1. The third-order valence-electron chi connectivity index (χ3n) is 5.30. The van der Waals surface area contributed by atoms with Crippen LogP contribution in [0.4, 0.5) is 23.0 Å². The Morgan fingerprint density at radius 1 is 0.793 bits per heavy atom. The second-order valence-electron chi connectivity index (χ2n) is 7.10. The molecule has 0 saturated carbocycles.